The Hall–Kier alpha value is -3.16. The second-order valence-corrected chi connectivity index (χ2v) is 9.42. The van der Waals surface area contributed by atoms with Crippen LogP contribution in [-0.4, -0.2) is 63.4 Å². The normalized spacial score (nSPS) is 20.1. The Kier molecular flexibility index (Phi) is 7.39. The molecule has 0 radical (unpaired) electrons. The van der Waals surface area contributed by atoms with Crippen molar-refractivity contribution in [1.29, 1.82) is 0 Å². The van der Waals surface area contributed by atoms with E-state index < -0.39 is 5.60 Å². The van der Waals surface area contributed by atoms with Crippen LogP contribution in [-0.2, 0) is 16.8 Å². The standard InChI is InChI=1S/C29H34FN3O3/c1-34-26-20-22-11-19-36-29(25(22)21-27(26)35-2,23-7-9-24(30)10-8-23)12-5-14-32-15-17-33(18-16-32)28-6-3-4-13-31-28/h3-4,6-10,13,20-21H,5,11-12,14-19H2,1-2H3. The third kappa shape index (κ3) is 4.90. The Morgan fingerprint density at radius 2 is 1.72 bits per heavy atom. The molecule has 1 unspecified atom stereocenters. The van der Waals surface area contributed by atoms with Crippen molar-refractivity contribution in [2.45, 2.75) is 24.9 Å². The molecule has 0 aliphatic carbocycles. The fourth-order valence-corrected chi connectivity index (χ4v) is 5.52. The van der Waals surface area contributed by atoms with E-state index in [1.807, 2.05) is 36.5 Å². The van der Waals surface area contributed by atoms with Crippen molar-refractivity contribution >= 4 is 5.82 Å². The minimum Gasteiger partial charge on any atom is -0.493 e. The zero-order valence-corrected chi connectivity index (χ0v) is 21.1. The van der Waals surface area contributed by atoms with E-state index in [2.05, 4.69) is 26.9 Å². The molecule has 6 nitrogen and oxygen atoms in total. The molecule has 1 atom stereocenters. The number of rotatable bonds is 8. The highest BCUT2D eigenvalue weighted by Crippen LogP contribution is 2.46. The maximum Gasteiger partial charge on any atom is 0.161 e. The molecule has 0 saturated carbocycles. The van der Waals surface area contributed by atoms with Crippen LogP contribution < -0.4 is 14.4 Å². The molecule has 7 heteroatoms. The molecule has 1 saturated heterocycles. The Bertz CT molecular complexity index is 1150. The van der Waals surface area contributed by atoms with Crippen molar-refractivity contribution in [3.05, 3.63) is 83.3 Å². The van der Waals surface area contributed by atoms with Gasteiger partial charge in [0.15, 0.2) is 11.5 Å². The summed E-state index contributed by atoms with van der Waals surface area (Å²) in [4.78, 5) is 9.35. The zero-order chi connectivity index (χ0) is 25.0. The van der Waals surface area contributed by atoms with Crippen LogP contribution in [0.1, 0.15) is 29.5 Å². The summed E-state index contributed by atoms with van der Waals surface area (Å²) in [6.07, 6.45) is 4.40. The summed E-state index contributed by atoms with van der Waals surface area (Å²) in [6, 6.07) is 16.9. The van der Waals surface area contributed by atoms with E-state index in [0.717, 1.165) is 74.7 Å². The lowest BCUT2D eigenvalue weighted by atomic mass is 9.77. The Balaban J connectivity index is 1.35. The summed E-state index contributed by atoms with van der Waals surface area (Å²) >= 11 is 0. The number of benzene rings is 2. The third-order valence-corrected chi connectivity index (χ3v) is 7.42. The topological polar surface area (TPSA) is 47.1 Å². The number of ether oxygens (including phenoxy) is 3. The SMILES string of the molecule is COc1cc2c(cc1OC)C(CCCN1CCN(c3ccccn3)CC1)(c1ccc(F)cc1)OCC2. The molecule has 1 aromatic heterocycles. The van der Waals surface area contributed by atoms with E-state index in [0.29, 0.717) is 12.4 Å². The Morgan fingerprint density at radius 1 is 0.972 bits per heavy atom. The molecule has 36 heavy (non-hydrogen) atoms. The summed E-state index contributed by atoms with van der Waals surface area (Å²) in [6.45, 7) is 5.52. The van der Waals surface area contributed by atoms with Gasteiger partial charge in [0.05, 0.1) is 20.8 Å². The summed E-state index contributed by atoms with van der Waals surface area (Å²) in [5, 5.41) is 0. The van der Waals surface area contributed by atoms with E-state index >= 15 is 0 Å². The van der Waals surface area contributed by atoms with Crippen molar-refractivity contribution in [2.24, 2.45) is 0 Å². The number of aromatic nitrogens is 1. The second-order valence-electron chi connectivity index (χ2n) is 9.42. The van der Waals surface area contributed by atoms with Crippen molar-refractivity contribution in [3.63, 3.8) is 0 Å². The summed E-state index contributed by atoms with van der Waals surface area (Å²) in [7, 11) is 3.31. The fourth-order valence-electron chi connectivity index (χ4n) is 5.52. The second kappa shape index (κ2) is 10.8. The van der Waals surface area contributed by atoms with Crippen molar-refractivity contribution in [3.8, 4) is 11.5 Å². The van der Waals surface area contributed by atoms with E-state index in [9.17, 15) is 4.39 Å². The zero-order valence-electron chi connectivity index (χ0n) is 21.1. The molecular weight excluding hydrogens is 457 g/mol. The predicted molar refractivity (Wildman–Crippen MR) is 139 cm³/mol. The number of hydrogen-bond acceptors (Lipinski definition) is 6. The number of methoxy groups -OCH3 is 2. The van der Waals surface area contributed by atoms with Crippen LogP contribution in [0.15, 0.2) is 60.8 Å². The van der Waals surface area contributed by atoms with Crippen LogP contribution >= 0.6 is 0 Å². The molecule has 0 spiro atoms. The van der Waals surface area contributed by atoms with Crippen LogP contribution in [0.4, 0.5) is 10.2 Å². The molecule has 2 aromatic carbocycles. The first kappa shape index (κ1) is 24.5. The lowest BCUT2D eigenvalue weighted by Gasteiger charge is -2.41. The summed E-state index contributed by atoms with van der Waals surface area (Å²) in [5.41, 5.74) is 2.58. The maximum atomic E-state index is 13.8. The van der Waals surface area contributed by atoms with Crippen molar-refractivity contribution in [2.75, 3.05) is 58.5 Å². The Morgan fingerprint density at radius 3 is 2.42 bits per heavy atom. The minimum atomic E-state index is -0.656. The van der Waals surface area contributed by atoms with Gasteiger partial charge in [-0.1, -0.05) is 18.2 Å². The first-order valence-electron chi connectivity index (χ1n) is 12.7. The van der Waals surface area contributed by atoms with Gasteiger partial charge in [0.25, 0.3) is 0 Å². The monoisotopic (exact) mass is 491 g/mol. The van der Waals surface area contributed by atoms with Crippen molar-refractivity contribution < 1.29 is 18.6 Å². The van der Waals surface area contributed by atoms with Gasteiger partial charge in [0, 0.05) is 32.4 Å². The van der Waals surface area contributed by atoms with Crippen LogP contribution in [0.25, 0.3) is 0 Å². The Labute approximate surface area is 212 Å². The molecule has 5 rings (SSSR count). The average Bonchev–Trinajstić information content (AvgIpc) is 2.93. The molecule has 3 aromatic rings. The average molecular weight is 492 g/mol. The number of halogens is 1. The van der Waals surface area contributed by atoms with Gasteiger partial charge in [0.1, 0.15) is 17.2 Å². The van der Waals surface area contributed by atoms with Crippen LogP contribution in [0, 0.1) is 5.82 Å². The van der Waals surface area contributed by atoms with Crippen LogP contribution in [0.2, 0.25) is 0 Å². The van der Waals surface area contributed by atoms with Gasteiger partial charge in [0.2, 0.25) is 0 Å². The van der Waals surface area contributed by atoms with Gasteiger partial charge < -0.3 is 19.1 Å². The van der Waals surface area contributed by atoms with Crippen molar-refractivity contribution in [1.82, 2.24) is 9.88 Å². The minimum absolute atomic E-state index is 0.247. The molecule has 0 amide bonds. The lowest BCUT2D eigenvalue weighted by molar-refractivity contribution is -0.0375. The first-order valence-corrected chi connectivity index (χ1v) is 12.7. The molecule has 2 aliphatic rings. The highest BCUT2D eigenvalue weighted by atomic mass is 19.1. The molecule has 190 valence electrons. The number of pyridine rings is 1. The van der Waals surface area contributed by atoms with Gasteiger partial charge in [-0.3, -0.25) is 4.90 Å². The number of anilines is 1. The number of piperazine rings is 1. The molecule has 0 N–H and O–H groups in total. The van der Waals surface area contributed by atoms with Gasteiger partial charge in [-0.2, -0.15) is 0 Å². The molecular formula is C29H34FN3O3. The maximum absolute atomic E-state index is 13.8. The van der Waals surface area contributed by atoms with E-state index in [-0.39, 0.29) is 5.82 Å². The smallest absolute Gasteiger partial charge is 0.161 e. The van der Waals surface area contributed by atoms with Gasteiger partial charge >= 0.3 is 0 Å². The quantitative estimate of drug-likeness (QED) is 0.457. The lowest BCUT2D eigenvalue weighted by Crippen LogP contribution is -2.47. The van der Waals surface area contributed by atoms with E-state index in [1.165, 1.54) is 17.7 Å². The van der Waals surface area contributed by atoms with Gasteiger partial charge in [-0.25, -0.2) is 9.37 Å². The van der Waals surface area contributed by atoms with E-state index in [1.54, 1.807) is 14.2 Å². The van der Waals surface area contributed by atoms with Gasteiger partial charge in [-0.05, 0) is 78.9 Å². The van der Waals surface area contributed by atoms with Crippen LogP contribution in [0.5, 0.6) is 11.5 Å². The predicted octanol–water partition coefficient (Wildman–Crippen LogP) is 4.66. The molecule has 0 bridgehead atoms. The highest BCUT2D eigenvalue weighted by Gasteiger charge is 2.40. The number of fused-ring (bicyclic) bond motifs is 1. The molecule has 3 heterocycles. The van der Waals surface area contributed by atoms with Gasteiger partial charge in [-0.15, -0.1) is 0 Å². The third-order valence-electron chi connectivity index (χ3n) is 7.42. The summed E-state index contributed by atoms with van der Waals surface area (Å²) < 4.78 is 31.7. The highest BCUT2D eigenvalue weighted by molar-refractivity contribution is 5.53. The number of hydrogen-bond donors (Lipinski definition) is 0. The molecule has 2 aliphatic heterocycles. The van der Waals surface area contributed by atoms with E-state index in [4.69, 9.17) is 14.2 Å². The largest absolute Gasteiger partial charge is 0.493 e. The summed E-state index contributed by atoms with van der Waals surface area (Å²) in [5.74, 6) is 2.20. The first-order chi connectivity index (χ1) is 17.6. The molecule has 1 fully saturated rings. The number of nitrogens with zero attached hydrogens (tertiary/aromatic N) is 3. The van der Waals surface area contributed by atoms with Crippen LogP contribution in [0.3, 0.4) is 0 Å². The fraction of sp³-hybridized carbons (Fsp3) is 0.414.